The second-order valence-corrected chi connectivity index (χ2v) is 17.6. The minimum atomic E-state index is -3.55. The van der Waals surface area contributed by atoms with E-state index >= 15 is 0 Å². The van der Waals surface area contributed by atoms with Crippen molar-refractivity contribution < 1.29 is 13.2 Å². The molecule has 0 atom stereocenters. The molecule has 0 fully saturated rings. The minimum Gasteiger partial charge on any atom is -0.361 e. The summed E-state index contributed by atoms with van der Waals surface area (Å²) in [7, 11) is -4.80. The third kappa shape index (κ3) is 5.60. The standard InChI is InChI=1S/C26H29ClN2O3SSi/c1-33(30,31)26-28-24-16-22(21-12-10-20(11-13-21)19-8-6-5-7-9-19)23(27)17-25(24)29(26)18-32-14-15-34(2,3)4/h5-13,16-17H,14-15,18H2,1-4H3. The van der Waals surface area contributed by atoms with Gasteiger partial charge in [-0.05, 0) is 34.9 Å². The van der Waals surface area contributed by atoms with Crippen molar-refractivity contribution in [2.75, 3.05) is 12.9 Å². The number of hydrogen-bond donors (Lipinski definition) is 0. The van der Waals surface area contributed by atoms with E-state index in [1.54, 1.807) is 10.6 Å². The van der Waals surface area contributed by atoms with Crippen LogP contribution in [0.15, 0.2) is 71.9 Å². The number of ether oxygens (including phenoxy) is 1. The Morgan fingerprint density at radius 3 is 2.18 bits per heavy atom. The fourth-order valence-corrected chi connectivity index (χ4v) is 5.60. The molecule has 0 unspecified atom stereocenters. The summed E-state index contributed by atoms with van der Waals surface area (Å²) in [6.07, 6.45) is 1.16. The van der Waals surface area contributed by atoms with E-state index in [1.165, 1.54) is 0 Å². The molecule has 4 rings (SSSR count). The summed E-state index contributed by atoms with van der Waals surface area (Å²) in [5, 5.41) is 0.520. The van der Waals surface area contributed by atoms with E-state index in [1.807, 2.05) is 36.4 Å². The van der Waals surface area contributed by atoms with Gasteiger partial charge in [-0.2, -0.15) is 0 Å². The van der Waals surface area contributed by atoms with Gasteiger partial charge in [0.15, 0.2) is 0 Å². The molecule has 0 aliphatic heterocycles. The lowest BCUT2D eigenvalue weighted by Gasteiger charge is -2.16. The van der Waals surface area contributed by atoms with E-state index in [0.717, 1.165) is 34.6 Å². The molecule has 5 nitrogen and oxygen atoms in total. The zero-order chi connectivity index (χ0) is 24.5. The number of hydrogen-bond acceptors (Lipinski definition) is 4. The van der Waals surface area contributed by atoms with Crippen molar-refractivity contribution >= 4 is 40.5 Å². The van der Waals surface area contributed by atoms with Crippen LogP contribution in [0.1, 0.15) is 0 Å². The molecule has 1 heterocycles. The number of sulfone groups is 1. The number of aromatic nitrogens is 2. The van der Waals surface area contributed by atoms with Gasteiger partial charge in [0.25, 0.3) is 0 Å². The molecule has 0 bridgehead atoms. The van der Waals surface area contributed by atoms with Crippen molar-refractivity contribution in [2.24, 2.45) is 0 Å². The number of fused-ring (bicyclic) bond motifs is 1. The van der Waals surface area contributed by atoms with Gasteiger partial charge >= 0.3 is 0 Å². The fraction of sp³-hybridized carbons (Fsp3) is 0.269. The van der Waals surface area contributed by atoms with Crippen LogP contribution in [0.5, 0.6) is 0 Å². The Morgan fingerprint density at radius 2 is 1.56 bits per heavy atom. The maximum Gasteiger partial charge on any atom is 0.230 e. The summed E-state index contributed by atoms with van der Waals surface area (Å²) in [5.41, 5.74) is 5.21. The van der Waals surface area contributed by atoms with Crippen molar-refractivity contribution in [2.45, 2.75) is 37.6 Å². The van der Waals surface area contributed by atoms with Gasteiger partial charge in [0.05, 0.1) is 16.1 Å². The summed E-state index contributed by atoms with van der Waals surface area (Å²) in [6.45, 7) is 7.53. The molecule has 0 N–H and O–H groups in total. The molecule has 4 aromatic rings. The molecular formula is C26H29ClN2O3SSi. The molecule has 0 amide bonds. The Hall–Kier alpha value is -2.45. The van der Waals surface area contributed by atoms with Gasteiger partial charge in [0.2, 0.25) is 15.0 Å². The lowest BCUT2D eigenvalue weighted by atomic mass is 10.00. The highest BCUT2D eigenvalue weighted by Crippen LogP contribution is 2.34. The van der Waals surface area contributed by atoms with Crippen LogP contribution in [-0.2, 0) is 21.3 Å². The van der Waals surface area contributed by atoms with Crippen molar-refractivity contribution in [3.63, 3.8) is 0 Å². The van der Waals surface area contributed by atoms with Gasteiger partial charge in [-0.15, -0.1) is 0 Å². The molecule has 0 saturated carbocycles. The quantitative estimate of drug-likeness (QED) is 0.194. The van der Waals surface area contributed by atoms with Crippen LogP contribution in [-0.4, -0.2) is 38.9 Å². The Balaban J connectivity index is 1.69. The number of nitrogens with zero attached hydrogens (tertiary/aromatic N) is 2. The maximum atomic E-state index is 12.5. The highest BCUT2D eigenvalue weighted by molar-refractivity contribution is 7.90. The average Bonchev–Trinajstić information content (AvgIpc) is 3.14. The van der Waals surface area contributed by atoms with E-state index < -0.39 is 17.9 Å². The summed E-state index contributed by atoms with van der Waals surface area (Å²) in [5.74, 6) is 0. The molecule has 0 spiro atoms. The topological polar surface area (TPSA) is 61.2 Å². The minimum absolute atomic E-state index is 0.0110. The summed E-state index contributed by atoms with van der Waals surface area (Å²) < 4.78 is 32.4. The van der Waals surface area contributed by atoms with Crippen LogP contribution < -0.4 is 0 Å². The molecule has 8 heteroatoms. The lowest BCUT2D eigenvalue weighted by molar-refractivity contribution is 0.0838. The van der Waals surface area contributed by atoms with Crippen molar-refractivity contribution in [3.8, 4) is 22.3 Å². The van der Waals surface area contributed by atoms with Gasteiger partial charge in [-0.3, -0.25) is 4.57 Å². The van der Waals surface area contributed by atoms with Crippen LogP contribution in [0, 0.1) is 0 Å². The van der Waals surface area contributed by atoms with Crippen LogP contribution in [0.4, 0.5) is 0 Å². The van der Waals surface area contributed by atoms with Crippen LogP contribution >= 0.6 is 11.6 Å². The summed E-state index contributed by atoms with van der Waals surface area (Å²) >= 11 is 6.69. The molecular weight excluding hydrogens is 484 g/mol. The second kappa shape index (κ2) is 9.66. The highest BCUT2D eigenvalue weighted by atomic mass is 35.5. The Bertz CT molecular complexity index is 1410. The van der Waals surface area contributed by atoms with E-state index in [2.05, 4.69) is 48.9 Å². The van der Waals surface area contributed by atoms with Crippen molar-refractivity contribution in [3.05, 3.63) is 71.8 Å². The monoisotopic (exact) mass is 512 g/mol. The normalized spacial score (nSPS) is 12.4. The molecule has 0 aliphatic rings. The van der Waals surface area contributed by atoms with Gasteiger partial charge < -0.3 is 4.74 Å². The third-order valence-corrected chi connectivity index (χ3v) is 8.65. The highest BCUT2D eigenvalue weighted by Gasteiger charge is 2.21. The Kier molecular flexibility index (Phi) is 7.01. The molecule has 3 aromatic carbocycles. The second-order valence-electron chi connectivity index (χ2n) is 9.71. The SMILES string of the molecule is C[Si](C)(C)CCOCn1c(S(C)(=O)=O)nc2cc(-c3ccc(-c4ccccc4)cc3)c(Cl)cc21. The van der Waals surface area contributed by atoms with E-state index in [0.29, 0.717) is 22.7 Å². The number of rotatable bonds is 8. The molecule has 0 radical (unpaired) electrons. The number of halogens is 1. The smallest absolute Gasteiger partial charge is 0.230 e. The lowest BCUT2D eigenvalue weighted by Crippen LogP contribution is -2.22. The molecule has 178 valence electrons. The van der Waals surface area contributed by atoms with Crippen molar-refractivity contribution in [1.29, 1.82) is 0 Å². The first-order valence-electron chi connectivity index (χ1n) is 11.2. The van der Waals surface area contributed by atoms with E-state index in [-0.39, 0.29) is 11.9 Å². The largest absolute Gasteiger partial charge is 0.361 e. The average molecular weight is 513 g/mol. The molecule has 0 saturated heterocycles. The summed E-state index contributed by atoms with van der Waals surface area (Å²) in [4.78, 5) is 4.45. The Labute approximate surface area is 207 Å². The zero-order valence-electron chi connectivity index (χ0n) is 19.9. The summed E-state index contributed by atoms with van der Waals surface area (Å²) in [6, 6.07) is 22.9. The first-order valence-corrected chi connectivity index (χ1v) is 17.1. The first kappa shape index (κ1) is 24.7. The number of imidazole rings is 1. The fourth-order valence-electron chi connectivity index (χ4n) is 3.76. The first-order chi connectivity index (χ1) is 16.0. The predicted octanol–water partition coefficient (Wildman–Crippen LogP) is 6.74. The van der Waals surface area contributed by atoms with Gasteiger partial charge in [-0.25, -0.2) is 13.4 Å². The molecule has 34 heavy (non-hydrogen) atoms. The van der Waals surface area contributed by atoms with Crippen LogP contribution in [0.2, 0.25) is 30.7 Å². The van der Waals surface area contributed by atoms with Crippen molar-refractivity contribution in [1.82, 2.24) is 9.55 Å². The maximum absolute atomic E-state index is 12.5. The Morgan fingerprint density at radius 1 is 0.941 bits per heavy atom. The molecule has 0 aliphatic carbocycles. The van der Waals surface area contributed by atoms with Crippen LogP contribution in [0.3, 0.4) is 0 Å². The van der Waals surface area contributed by atoms with Gasteiger partial charge in [0.1, 0.15) is 6.73 Å². The van der Waals surface area contributed by atoms with E-state index in [9.17, 15) is 8.42 Å². The third-order valence-electron chi connectivity index (χ3n) is 5.65. The molecule has 1 aromatic heterocycles. The van der Waals surface area contributed by atoms with E-state index in [4.69, 9.17) is 16.3 Å². The van der Waals surface area contributed by atoms with Gasteiger partial charge in [-0.1, -0.05) is 85.8 Å². The van der Waals surface area contributed by atoms with Crippen LogP contribution in [0.25, 0.3) is 33.3 Å². The number of benzene rings is 3. The predicted molar refractivity (Wildman–Crippen MR) is 143 cm³/mol. The zero-order valence-corrected chi connectivity index (χ0v) is 22.4. The van der Waals surface area contributed by atoms with Gasteiger partial charge in [0, 0.05) is 26.5 Å².